The lowest BCUT2D eigenvalue weighted by Crippen LogP contribution is -2.40. The van der Waals surface area contributed by atoms with Gasteiger partial charge in [0, 0.05) is 12.6 Å². The molecule has 0 bridgehead atoms. The number of nitrogens with two attached hydrogens (primary N) is 1. The minimum Gasteiger partial charge on any atom is -0.329 e. The second-order valence-electron chi connectivity index (χ2n) is 2.54. The van der Waals surface area contributed by atoms with E-state index >= 15 is 0 Å². The highest BCUT2D eigenvalue weighted by atomic mass is 32.5. The van der Waals surface area contributed by atoms with Gasteiger partial charge in [-0.3, -0.25) is 9.84 Å². The van der Waals surface area contributed by atoms with E-state index in [1.807, 2.05) is 6.92 Å². The van der Waals surface area contributed by atoms with Gasteiger partial charge in [0.25, 0.3) is 0 Å². The van der Waals surface area contributed by atoms with Crippen LogP contribution in [0.15, 0.2) is 0 Å². The average molecular weight is 214 g/mol. The number of hydrogen-bond acceptors (Lipinski definition) is 4. The summed E-state index contributed by atoms with van der Waals surface area (Å²) in [6.07, 6.45) is -0.496. The SMILES string of the molecule is CC(CN)NC(C)OP(O)(O)=S. The molecule has 74 valence electrons. The standard InChI is InChI=1S/C5H15N2O3PS/c1-4(3-6)7-5(2)10-11(8,9)12/h4-5,7H,3,6H2,1-2H3,(H2,8,9,12). The molecule has 5 nitrogen and oxygen atoms in total. The number of rotatable bonds is 5. The monoisotopic (exact) mass is 214 g/mol. The molecule has 0 aliphatic carbocycles. The maximum atomic E-state index is 8.76. The minimum atomic E-state index is -3.56. The summed E-state index contributed by atoms with van der Waals surface area (Å²) in [4.78, 5) is 17.5. The lowest BCUT2D eigenvalue weighted by molar-refractivity contribution is 0.143. The first-order valence-corrected chi connectivity index (χ1v) is 6.18. The molecule has 0 rings (SSSR count). The van der Waals surface area contributed by atoms with Gasteiger partial charge in [-0.2, -0.15) is 0 Å². The molecule has 0 heterocycles. The van der Waals surface area contributed by atoms with Crippen molar-refractivity contribution in [1.82, 2.24) is 5.32 Å². The van der Waals surface area contributed by atoms with Crippen molar-refractivity contribution in [3.63, 3.8) is 0 Å². The van der Waals surface area contributed by atoms with Gasteiger partial charge >= 0.3 is 6.72 Å². The lowest BCUT2D eigenvalue weighted by atomic mass is 10.3. The highest BCUT2D eigenvalue weighted by Gasteiger charge is 2.14. The zero-order valence-electron chi connectivity index (χ0n) is 7.10. The summed E-state index contributed by atoms with van der Waals surface area (Å²) < 4.78 is 4.68. The highest BCUT2D eigenvalue weighted by Crippen LogP contribution is 2.37. The number of hydrogen-bond donors (Lipinski definition) is 4. The van der Waals surface area contributed by atoms with Crippen LogP contribution in [0.1, 0.15) is 13.8 Å². The summed E-state index contributed by atoms with van der Waals surface area (Å²) in [7, 11) is 0. The Morgan fingerprint density at radius 2 is 2.08 bits per heavy atom. The van der Waals surface area contributed by atoms with Crippen LogP contribution < -0.4 is 11.1 Å². The van der Waals surface area contributed by atoms with E-state index in [9.17, 15) is 0 Å². The first kappa shape index (κ1) is 12.4. The van der Waals surface area contributed by atoms with Gasteiger partial charge in [-0.25, -0.2) is 0 Å². The molecule has 0 amide bonds. The quantitative estimate of drug-likeness (QED) is 0.364. The highest BCUT2D eigenvalue weighted by molar-refractivity contribution is 8.06. The molecule has 0 aliphatic heterocycles. The van der Waals surface area contributed by atoms with Crippen LogP contribution in [0.3, 0.4) is 0 Å². The van der Waals surface area contributed by atoms with Crippen molar-refractivity contribution < 1.29 is 14.3 Å². The molecular formula is C5H15N2O3PS. The fraction of sp³-hybridized carbons (Fsp3) is 1.00. The first-order chi connectivity index (χ1) is 5.35. The van der Waals surface area contributed by atoms with Crippen LogP contribution in [0.5, 0.6) is 0 Å². The molecule has 0 saturated carbocycles. The predicted molar refractivity (Wildman–Crippen MR) is 50.9 cm³/mol. The van der Waals surface area contributed by atoms with E-state index in [2.05, 4.69) is 21.6 Å². The molecular weight excluding hydrogens is 199 g/mol. The van der Waals surface area contributed by atoms with Gasteiger partial charge in [0.15, 0.2) is 0 Å². The molecule has 12 heavy (non-hydrogen) atoms. The Bertz CT molecular complexity index is 174. The van der Waals surface area contributed by atoms with Gasteiger partial charge in [-0.1, -0.05) is 0 Å². The van der Waals surface area contributed by atoms with Crippen molar-refractivity contribution in [2.75, 3.05) is 6.54 Å². The van der Waals surface area contributed by atoms with E-state index < -0.39 is 12.9 Å². The van der Waals surface area contributed by atoms with Crippen LogP contribution in [-0.4, -0.2) is 28.6 Å². The third-order valence-corrected chi connectivity index (χ3v) is 2.02. The molecule has 0 fully saturated rings. The third-order valence-electron chi connectivity index (χ3n) is 1.17. The van der Waals surface area contributed by atoms with Gasteiger partial charge in [-0.15, -0.1) is 0 Å². The molecule has 2 unspecified atom stereocenters. The Morgan fingerprint density at radius 3 is 2.42 bits per heavy atom. The first-order valence-electron chi connectivity index (χ1n) is 3.55. The molecule has 0 aromatic heterocycles. The summed E-state index contributed by atoms with van der Waals surface area (Å²) in [5, 5.41) is 2.88. The Morgan fingerprint density at radius 1 is 1.58 bits per heavy atom. The van der Waals surface area contributed by atoms with Crippen LogP contribution >= 0.6 is 6.72 Å². The van der Waals surface area contributed by atoms with E-state index in [1.54, 1.807) is 6.92 Å². The van der Waals surface area contributed by atoms with Crippen LogP contribution in [0.25, 0.3) is 0 Å². The van der Waals surface area contributed by atoms with E-state index in [-0.39, 0.29) is 6.04 Å². The predicted octanol–water partition coefficient (Wildman–Crippen LogP) is -0.505. The van der Waals surface area contributed by atoms with E-state index in [4.69, 9.17) is 15.5 Å². The fourth-order valence-electron chi connectivity index (χ4n) is 0.705. The average Bonchev–Trinajstić information content (AvgIpc) is 1.82. The van der Waals surface area contributed by atoms with Crippen molar-refractivity contribution >= 4 is 18.5 Å². The third kappa shape index (κ3) is 7.12. The van der Waals surface area contributed by atoms with Crippen LogP contribution in [0, 0.1) is 0 Å². The normalized spacial score (nSPS) is 17.4. The minimum absolute atomic E-state index is 0.0570. The van der Waals surface area contributed by atoms with Gasteiger partial charge in [0.05, 0.1) is 0 Å². The summed E-state index contributed by atoms with van der Waals surface area (Å²) in [6.45, 7) is 0.391. The van der Waals surface area contributed by atoms with Gasteiger partial charge in [0.2, 0.25) is 0 Å². The van der Waals surface area contributed by atoms with Crippen molar-refractivity contribution in [3.8, 4) is 0 Å². The maximum Gasteiger partial charge on any atom is 0.323 e. The summed E-state index contributed by atoms with van der Waals surface area (Å²) in [6, 6.07) is 0.0570. The molecule has 2 atom stereocenters. The van der Waals surface area contributed by atoms with Crippen LogP contribution in [0.4, 0.5) is 0 Å². The Balaban J connectivity index is 3.74. The molecule has 7 heteroatoms. The summed E-state index contributed by atoms with van der Waals surface area (Å²) in [5.41, 5.74) is 5.32. The molecule has 0 aliphatic rings. The van der Waals surface area contributed by atoms with Gasteiger partial charge in [0.1, 0.15) is 6.23 Å². The summed E-state index contributed by atoms with van der Waals surface area (Å²) >= 11 is 4.28. The van der Waals surface area contributed by atoms with Crippen molar-refractivity contribution in [2.45, 2.75) is 26.1 Å². The van der Waals surface area contributed by atoms with Crippen molar-refractivity contribution in [3.05, 3.63) is 0 Å². The van der Waals surface area contributed by atoms with Crippen LogP contribution in [0.2, 0.25) is 0 Å². The molecule has 0 spiro atoms. The van der Waals surface area contributed by atoms with Crippen LogP contribution in [-0.2, 0) is 16.3 Å². The van der Waals surface area contributed by atoms with Crippen molar-refractivity contribution in [1.29, 1.82) is 0 Å². The Labute approximate surface area is 77.2 Å². The molecule has 0 aromatic carbocycles. The molecule has 0 saturated heterocycles. The Kier molecular flexibility index (Phi) is 5.43. The maximum absolute atomic E-state index is 8.76. The van der Waals surface area contributed by atoms with Crippen molar-refractivity contribution in [2.24, 2.45) is 5.73 Å². The smallest absolute Gasteiger partial charge is 0.323 e. The van der Waals surface area contributed by atoms with E-state index in [0.717, 1.165) is 0 Å². The Hall–Kier alpha value is 0.450. The topological polar surface area (TPSA) is 87.7 Å². The molecule has 0 aromatic rings. The second-order valence-corrected chi connectivity index (χ2v) is 5.16. The largest absolute Gasteiger partial charge is 0.329 e. The fourth-order valence-corrected chi connectivity index (χ4v) is 1.57. The van der Waals surface area contributed by atoms with Gasteiger partial charge < -0.3 is 15.5 Å². The lowest BCUT2D eigenvalue weighted by Gasteiger charge is -2.20. The number of nitrogens with one attached hydrogen (secondary N) is 1. The second kappa shape index (κ2) is 5.24. The van der Waals surface area contributed by atoms with E-state index in [0.29, 0.717) is 6.54 Å². The molecule has 0 radical (unpaired) electrons. The molecule has 5 N–H and O–H groups in total. The summed E-state index contributed by atoms with van der Waals surface area (Å²) in [5.74, 6) is 0. The van der Waals surface area contributed by atoms with E-state index in [1.165, 1.54) is 0 Å². The zero-order valence-corrected chi connectivity index (χ0v) is 8.81. The zero-order chi connectivity index (χ0) is 9.78. The van der Waals surface area contributed by atoms with Gasteiger partial charge in [-0.05, 0) is 25.7 Å².